The maximum atomic E-state index is 12.3. The molecule has 29 heavy (non-hydrogen) atoms. The van der Waals surface area contributed by atoms with Crippen LogP contribution in [0.5, 0.6) is 11.8 Å². The lowest BCUT2D eigenvalue weighted by Gasteiger charge is -2.15. The molecule has 0 spiro atoms. The zero-order chi connectivity index (χ0) is 20.3. The highest BCUT2D eigenvalue weighted by atomic mass is 19.4. The second-order valence-electron chi connectivity index (χ2n) is 7.27. The SMILES string of the molecule is FC(F)(F)Oc1ccc(-c2ccc(CC3(COc4ncccn4)CC3)cc2)cc1. The van der Waals surface area contributed by atoms with E-state index in [1.54, 1.807) is 30.6 Å². The molecular formula is C22H19F3N2O2. The highest BCUT2D eigenvalue weighted by Crippen LogP contribution is 2.48. The highest BCUT2D eigenvalue weighted by Gasteiger charge is 2.43. The Morgan fingerprint density at radius 1 is 0.862 bits per heavy atom. The molecule has 0 radical (unpaired) electrons. The first-order valence-electron chi connectivity index (χ1n) is 9.26. The van der Waals surface area contributed by atoms with Crippen LogP contribution in [0.3, 0.4) is 0 Å². The fraction of sp³-hybridized carbons (Fsp3) is 0.273. The molecule has 0 N–H and O–H groups in total. The molecule has 1 aromatic heterocycles. The lowest BCUT2D eigenvalue weighted by atomic mass is 9.95. The van der Waals surface area contributed by atoms with Crippen LogP contribution in [-0.2, 0) is 6.42 Å². The second kappa shape index (κ2) is 7.73. The smallest absolute Gasteiger partial charge is 0.463 e. The first-order chi connectivity index (χ1) is 13.9. The van der Waals surface area contributed by atoms with Crippen molar-refractivity contribution >= 4 is 0 Å². The molecule has 1 heterocycles. The molecule has 1 saturated carbocycles. The Labute approximate surface area is 166 Å². The summed E-state index contributed by atoms with van der Waals surface area (Å²) in [6, 6.07) is 16.1. The van der Waals surface area contributed by atoms with Crippen molar-refractivity contribution in [3.8, 4) is 22.9 Å². The van der Waals surface area contributed by atoms with E-state index in [4.69, 9.17) is 4.74 Å². The summed E-state index contributed by atoms with van der Waals surface area (Å²) in [5.41, 5.74) is 3.08. The van der Waals surface area contributed by atoms with Crippen molar-refractivity contribution < 1.29 is 22.6 Å². The third kappa shape index (κ3) is 5.25. The zero-order valence-corrected chi connectivity index (χ0v) is 15.5. The van der Waals surface area contributed by atoms with Crippen molar-refractivity contribution in [2.75, 3.05) is 6.61 Å². The summed E-state index contributed by atoms with van der Waals surface area (Å²) in [4.78, 5) is 8.17. The number of hydrogen-bond acceptors (Lipinski definition) is 4. The molecule has 1 aliphatic carbocycles. The van der Waals surface area contributed by atoms with Crippen LogP contribution >= 0.6 is 0 Å². The monoisotopic (exact) mass is 400 g/mol. The molecule has 0 atom stereocenters. The fourth-order valence-electron chi connectivity index (χ4n) is 3.22. The number of benzene rings is 2. The molecule has 0 unspecified atom stereocenters. The van der Waals surface area contributed by atoms with Crippen molar-refractivity contribution in [2.24, 2.45) is 5.41 Å². The van der Waals surface area contributed by atoms with Gasteiger partial charge in [0.1, 0.15) is 5.75 Å². The standard InChI is InChI=1S/C22H19F3N2O2/c23-22(24,25)29-19-8-6-18(7-9-19)17-4-2-16(3-5-17)14-21(10-11-21)15-28-20-26-12-1-13-27-20/h1-9,12-13H,10-11,14-15H2. The second-order valence-corrected chi connectivity index (χ2v) is 7.27. The van der Waals surface area contributed by atoms with E-state index >= 15 is 0 Å². The molecule has 0 bridgehead atoms. The summed E-state index contributed by atoms with van der Waals surface area (Å²) >= 11 is 0. The summed E-state index contributed by atoms with van der Waals surface area (Å²) in [5.74, 6) is -0.226. The maximum absolute atomic E-state index is 12.3. The quantitative estimate of drug-likeness (QED) is 0.529. The van der Waals surface area contributed by atoms with Crippen LogP contribution in [-0.4, -0.2) is 22.9 Å². The number of rotatable bonds is 7. The predicted molar refractivity (Wildman–Crippen MR) is 101 cm³/mol. The van der Waals surface area contributed by atoms with E-state index in [1.807, 2.05) is 12.1 Å². The number of hydrogen-bond donors (Lipinski definition) is 0. The van der Waals surface area contributed by atoms with Gasteiger partial charge in [-0.05, 0) is 54.2 Å². The van der Waals surface area contributed by atoms with Crippen LogP contribution in [0.1, 0.15) is 18.4 Å². The molecule has 3 aromatic rings. The van der Waals surface area contributed by atoms with Crippen molar-refractivity contribution in [3.63, 3.8) is 0 Å². The van der Waals surface area contributed by atoms with Gasteiger partial charge in [-0.15, -0.1) is 13.2 Å². The van der Waals surface area contributed by atoms with Crippen LogP contribution in [0.2, 0.25) is 0 Å². The number of aromatic nitrogens is 2. The van der Waals surface area contributed by atoms with Crippen LogP contribution in [0.15, 0.2) is 67.0 Å². The van der Waals surface area contributed by atoms with Gasteiger partial charge in [-0.25, -0.2) is 9.97 Å². The lowest BCUT2D eigenvalue weighted by Crippen LogP contribution is -2.17. The minimum Gasteiger partial charge on any atom is -0.463 e. The third-order valence-corrected chi connectivity index (χ3v) is 4.96. The number of alkyl halides is 3. The summed E-state index contributed by atoms with van der Waals surface area (Å²) in [6.45, 7) is 0.583. The molecule has 2 aromatic carbocycles. The summed E-state index contributed by atoms with van der Waals surface area (Å²) in [7, 11) is 0. The Morgan fingerprint density at radius 2 is 1.45 bits per heavy atom. The molecule has 150 valence electrons. The normalized spacial score (nSPS) is 15.0. The largest absolute Gasteiger partial charge is 0.573 e. The molecule has 7 heteroatoms. The maximum Gasteiger partial charge on any atom is 0.573 e. The van der Waals surface area contributed by atoms with Gasteiger partial charge in [0.15, 0.2) is 0 Å². The van der Waals surface area contributed by atoms with E-state index in [9.17, 15) is 13.2 Å². The summed E-state index contributed by atoms with van der Waals surface area (Å²) < 4.78 is 46.4. The van der Waals surface area contributed by atoms with Crippen molar-refractivity contribution in [1.82, 2.24) is 9.97 Å². The van der Waals surface area contributed by atoms with Gasteiger partial charge in [0, 0.05) is 17.8 Å². The van der Waals surface area contributed by atoms with E-state index in [2.05, 4.69) is 26.8 Å². The Hall–Kier alpha value is -3.09. The molecule has 0 aliphatic heterocycles. The van der Waals surface area contributed by atoms with E-state index in [0.717, 1.165) is 30.4 Å². The fourth-order valence-corrected chi connectivity index (χ4v) is 3.22. The van der Waals surface area contributed by atoms with E-state index < -0.39 is 6.36 Å². The summed E-state index contributed by atoms with van der Waals surface area (Å²) in [6.07, 6.45) is 1.73. The van der Waals surface area contributed by atoms with Gasteiger partial charge in [0.25, 0.3) is 0 Å². The molecule has 0 amide bonds. The van der Waals surface area contributed by atoms with Crippen LogP contribution in [0.25, 0.3) is 11.1 Å². The summed E-state index contributed by atoms with van der Waals surface area (Å²) in [5, 5.41) is 0. The van der Waals surface area contributed by atoms with Crippen molar-refractivity contribution in [2.45, 2.75) is 25.6 Å². The number of halogens is 3. The lowest BCUT2D eigenvalue weighted by molar-refractivity contribution is -0.274. The Morgan fingerprint density at radius 3 is 2.00 bits per heavy atom. The molecule has 1 aliphatic rings. The third-order valence-electron chi connectivity index (χ3n) is 4.96. The van der Waals surface area contributed by atoms with Crippen molar-refractivity contribution in [1.29, 1.82) is 0 Å². The predicted octanol–water partition coefficient (Wildman–Crippen LogP) is 5.44. The molecule has 0 saturated heterocycles. The zero-order valence-electron chi connectivity index (χ0n) is 15.5. The van der Waals surface area contributed by atoms with Gasteiger partial charge < -0.3 is 9.47 Å². The van der Waals surface area contributed by atoms with E-state index in [-0.39, 0.29) is 11.2 Å². The first kappa shape index (κ1) is 19.2. The number of ether oxygens (including phenoxy) is 2. The van der Waals surface area contributed by atoms with Gasteiger partial charge in [0.2, 0.25) is 0 Å². The molecular weight excluding hydrogens is 381 g/mol. The van der Waals surface area contributed by atoms with Gasteiger partial charge >= 0.3 is 12.4 Å². The van der Waals surface area contributed by atoms with Gasteiger partial charge in [0.05, 0.1) is 6.61 Å². The van der Waals surface area contributed by atoms with Crippen LogP contribution < -0.4 is 9.47 Å². The average Bonchev–Trinajstić information content (AvgIpc) is 3.47. The Kier molecular flexibility index (Phi) is 5.13. The highest BCUT2D eigenvalue weighted by molar-refractivity contribution is 5.64. The Bertz CT molecular complexity index is 939. The first-order valence-corrected chi connectivity index (χ1v) is 9.26. The topological polar surface area (TPSA) is 44.2 Å². The average molecular weight is 400 g/mol. The van der Waals surface area contributed by atoms with Crippen molar-refractivity contribution in [3.05, 3.63) is 72.6 Å². The minimum atomic E-state index is -4.68. The van der Waals surface area contributed by atoms with Gasteiger partial charge in [-0.3, -0.25) is 0 Å². The molecule has 4 rings (SSSR count). The Balaban J connectivity index is 1.37. The van der Waals surface area contributed by atoms with E-state index in [1.165, 1.54) is 17.7 Å². The van der Waals surface area contributed by atoms with Crippen LogP contribution in [0, 0.1) is 5.41 Å². The number of nitrogens with zero attached hydrogens (tertiary/aromatic N) is 2. The van der Waals surface area contributed by atoms with Gasteiger partial charge in [-0.1, -0.05) is 36.4 Å². The van der Waals surface area contributed by atoms with Crippen LogP contribution in [0.4, 0.5) is 13.2 Å². The van der Waals surface area contributed by atoms with Gasteiger partial charge in [-0.2, -0.15) is 0 Å². The minimum absolute atomic E-state index is 0.122. The molecule has 1 fully saturated rings. The van der Waals surface area contributed by atoms with E-state index in [0.29, 0.717) is 12.6 Å². The molecule has 4 nitrogen and oxygen atoms in total.